The second-order valence-corrected chi connectivity index (χ2v) is 9.82. The van der Waals surface area contributed by atoms with Gasteiger partial charge in [0.05, 0.1) is 11.4 Å². The molecule has 0 amide bonds. The van der Waals surface area contributed by atoms with Gasteiger partial charge in [0.25, 0.3) is 0 Å². The minimum absolute atomic E-state index is 0.110. The molecular formula is C19H29Br2N3O4S. The molecule has 0 bridgehead atoms. The predicted octanol–water partition coefficient (Wildman–Crippen LogP) is 3.77. The molecule has 0 saturated heterocycles. The first-order valence-electron chi connectivity index (χ1n) is 9.33. The van der Waals surface area contributed by atoms with Crippen LogP contribution in [0.5, 0.6) is 0 Å². The van der Waals surface area contributed by atoms with Gasteiger partial charge < -0.3 is 21.7 Å². The van der Waals surface area contributed by atoms with Crippen LogP contribution in [0.2, 0.25) is 0 Å². The van der Waals surface area contributed by atoms with Gasteiger partial charge in [-0.15, -0.1) is 11.8 Å². The smallest absolute Gasteiger partial charge is 0.321 e. The van der Waals surface area contributed by atoms with Gasteiger partial charge in [0.2, 0.25) is 0 Å². The molecule has 164 valence electrons. The number of nitrogen functional groups attached to an aromatic ring is 1. The van der Waals surface area contributed by atoms with E-state index in [0.717, 1.165) is 39.0 Å². The Kier molecular flexibility index (Phi) is 12.2. The van der Waals surface area contributed by atoms with Gasteiger partial charge in [0.1, 0.15) is 6.04 Å². The van der Waals surface area contributed by atoms with Gasteiger partial charge in [-0.05, 0) is 53.5 Å². The lowest BCUT2D eigenvalue weighted by Gasteiger charge is -2.31. The van der Waals surface area contributed by atoms with Crippen LogP contribution in [0.4, 0.5) is 5.69 Å². The molecule has 1 fully saturated rings. The summed E-state index contributed by atoms with van der Waals surface area (Å²) in [5.41, 5.74) is 13.3. The van der Waals surface area contributed by atoms with E-state index in [2.05, 4.69) is 49.9 Å². The average Bonchev–Trinajstić information content (AvgIpc) is 2.66. The van der Waals surface area contributed by atoms with Crippen LogP contribution < -0.4 is 11.5 Å². The normalized spacial score (nSPS) is 15.5. The summed E-state index contributed by atoms with van der Waals surface area (Å²) in [7, 11) is 2.21. The van der Waals surface area contributed by atoms with Crippen LogP contribution in [0, 0.1) is 0 Å². The third-order valence-corrected chi connectivity index (χ3v) is 6.80. The summed E-state index contributed by atoms with van der Waals surface area (Å²) in [4.78, 5) is 22.5. The van der Waals surface area contributed by atoms with E-state index in [4.69, 9.17) is 21.7 Å². The van der Waals surface area contributed by atoms with Crippen molar-refractivity contribution in [2.45, 2.75) is 50.7 Å². The van der Waals surface area contributed by atoms with Crippen LogP contribution in [-0.2, 0) is 16.1 Å². The number of carboxylic acid groups (broad SMARTS) is 2. The molecule has 0 radical (unpaired) electrons. The second kappa shape index (κ2) is 13.5. The van der Waals surface area contributed by atoms with E-state index in [1.165, 1.54) is 37.7 Å². The molecule has 1 aromatic rings. The Bertz CT molecular complexity index is 688. The fourth-order valence-corrected chi connectivity index (χ4v) is 5.04. The van der Waals surface area contributed by atoms with Crippen LogP contribution in [0.25, 0.3) is 0 Å². The van der Waals surface area contributed by atoms with Gasteiger partial charge in [-0.25, -0.2) is 0 Å². The van der Waals surface area contributed by atoms with Gasteiger partial charge in [0, 0.05) is 27.3 Å². The summed E-state index contributed by atoms with van der Waals surface area (Å²) in [6, 6.07) is 3.87. The lowest BCUT2D eigenvalue weighted by molar-refractivity contribution is -0.138. The van der Waals surface area contributed by atoms with E-state index in [-0.39, 0.29) is 11.5 Å². The molecule has 0 heterocycles. The summed E-state index contributed by atoms with van der Waals surface area (Å²) >= 11 is 8.03. The highest BCUT2D eigenvalue weighted by Gasteiger charge is 2.19. The Morgan fingerprint density at radius 3 is 2.41 bits per heavy atom. The average molecular weight is 555 g/mol. The molecule has 0 spiro atoms. The molecule has 2 rings (SSSR count). The number of benzene rings is 1. The Morgan fingerprint density at radius 2 is 1.86 bits per heavy atom. The van der Waals surface area contributed by atoms with Crippen molar-refractivity contribution in [2.24, 2.45) is 5.73 Å². The van der Waals surface area contributed by atoms with Gasteiger partial charge in [-0.1, -0.05) is 35.2 Å². The van der Waals surface area contributed by atoms with Gasteiger partial charge in [0.15, 0.2) is 0 Å². The molecule has 0 aliphatic heterocycles. The molecule has 10 heteroatoms. The molecule has 0 unspecified atom stereocenters. The highest BCUT2D eigenvalue weighted by molar-refractivity contribution is 9.11. The molecule has 29 heavy (non-hydrogen) atoms. The van der Waals surface area contributed by atoms with Crippen LogP contribution >= 0.6 is 43.6 Å². The number of aliphatic carboxylic acids is 2. The molecular weight excluding hydrogens is 526 g/mol. The van der Waals surface area contributed by atoms with E-state index < -0.39 is 18.0 Å². The minimum atomic E-state index is -1.11. The zero-order chi connectivity index (χ0) is 22.0. The van der Waals surface area contributed by atoms with E-state index in [0.29, 0.717) is 0 Å². The van der Waals surface area contributed by atoms with Gasteiger partial charge in [-0.3, -0.25) is 14.5 Å². The fourth-order valence-electron chi connectivity index (χ4n) is 3.03. The molecule has 1 atom stereocenters. The summed E-state index contributed by atoms with van der Waals surface area (Å²) in [6.07, 6.45) is 6.78. The Labute approximate surface area is 192 Å². The Balaban J connectivity index is 0.000000331. The summed E-state index contributed by atoms with van der Waals surface area (Å²) in [5.74, 6) is -2.06. The fraction of sp³-hybridized carbons (Fsp3) is 0.579. The molecule has 1 aliphatic carbocycles. The van der Waals surface area contributed by atoms with Crippen molar-refractivity contribution < 1.29 is 19.8 Å². The third kappa shape index (κ3) is 10.2. The zero-order valence-electron chi connectivity index (χ0n) is 16.4. The van der Waals surface area contributed by atoms with Crippen molar-refractivity contribution in [3.8, 4) is 0 Å². The van der Waals surface area contributed by atoms with Crippen molar-refractivity contribution in [3.63, 3.8) is 0 Å². The molecule has 1 aliphatic rings. The predicted molar refractivity (Wildman–Crippen MR) is 125 cm³/mol. The van der Waals surface area contributed by atoms with Crippen LogP contribution in [0.15, 0.2) is 21.1 Å². The van der Waals surface area contributed by atoms with Crippen molar-refractivity contribution in [3.05, 3.63) is 26.6 Å². The number of carbonyl (C=O) groups is 2. The number of hydrogen-bond donors (Lipinski definition) is 4. The highest BCUT2D eigenvalue weighted by Crippen LogP contribution is 2.30. The third-order valence-electron chi connectivity index (χ3n) is 4.64. The second-order valence-electron chi connectivity index (χ2n) is 7.02. The number of nitrogens with zero attached hydrogens (tertiary/aromatic N) is 1. The number of thioether (sulfide) groups is 1. The maximum absolute atomic E-state index is 10.1. The summed E-state index contributed by atoms with van der Waals surface area (Å²) in [5, 5.41) is 16.4. The number of rotatable bonds is 8. The van der Waals surface area contributed by atoms with Gasteiger partial charge in [-0.2, -0.15) is 0 Å². The Morgan fingerprint density at radius 1 is 1.24 bits per heavy atom. The standard InChI is InChI=1S/C14H20Br2N2.C5H9NO4S/c1-18(12-5-3-2-4-6-12)9-10-7-11(15)8-13(16)14(10)17;6-3(5(9)10)1-11-2-4(7)8/h7-8,12H,2-6,9,17H2,1H3;3H,1-2,6H2,(H,7,8)(H,9,10)/t;3-/m.0/s1. The monoisotopic (exact) mass is 553 g/mol. The molecule has 1 aromatic carbocycles. The summed E-state index contributed by atoms with van der Waals surface area (Å²) < 4.78 is 2.06. The van der Waals surface area contributed by atoms with Crippen LogP contribution in [-0.4, -0.2) is 57.7 Å². The van der Waals surface area contributed by atoms with E-state index in [9.17, 15) is 9.59 Å². The first kappa shape index (κ1) is 26.2. The molecule has 6 N–H and O–H groups in total. The quantitative estimate of drug-likeness (QED) is 0.357. The minimum Gasteiger partial charge on any atom is -0.481 e. The first-order valence-corrected chi connectivity index (χ1v) is 12.1. The number of carboxylic acids is 2. The first-order chi connectivity index (χ1) is 13.6. The lowest BCUT2D eigenvalue weighted by atomic mass is 9.94. The zero-order valence-corrected chi connectivity index (χ0v) is 20.4. The van der Waals surface area contributed by atoms with Crippen molar-refractivity contribution >= 4 is 61.2 Å². The Hall–Kier alpha value is -0.810. The number of nitrogens with two attached hydrogens (primary N) is 2. The molecule has 7 nitrogen and oxygen atoms in total. The highest BCUT2D eigenvalue weighted by atomic mass is 79.9. The van der Waals surface area contributed by atoms with Gasteiger partial charge >= 0.3 is 11.9 Å². The topological polar surface area (TPSA) is 130 Å². The maximum atomic E-state index is 10.1. The summed E-state index contributed by atoms with van der Waals surface area (Å²) in [6.45, 7) is 0.925. The van der Waals surface area contributed by atoms with Crippen molar-refractivity contribution in [1.29, 1.82) is 0 Å². The maximum Gasteiger partial charge on any atom is 0.321 e. The van der Waals surface area contributed by atoms with E-state index in [1.54, 1.807) is 0 Å². The van der Waals surface area contributed by atoms with Crippen molar-refractivity contribution in [1.82, 2.24) is 4.90 Å². The number of hydrogen-bond acceptors (Lipinski definition) is 6. The molecule has 1 saturated carbocycles. The van der Waals surface area contributed by atoms with E-state index >= 15 is 0 Å². The number of halogens is 2. The lowest BCUT2D eigenvalue weighted by Crippen LogP contribution is -2.33. The van der Waals surface area contributed by atoms with Crippen LogP contribution in [0.1, 0.15) is 37.7 Å². The number of anilines is 1. The molecule has 0 aromatic heterocycles. The van der Waals surface area contributed by atoms with Crippen molar-refractivity contribution in [2.75, 3.05) is 24.3 Å². The SMILES string of the molecule is CN(Cc1cc(Br)cc(Br)c1N)C1CCCCC1.N[C@@H](CSCC(=O)O)C(=O)O. The largest absolute Gasteiger partial charge is 0.481 e. The van der Waals surface area contributed by atoms with E-state index in [1.807, 2.05) is 6.07 Å². The van der Waals surface area contributed by atoms with Crippen LogP contribution in [0.3, 0.4) is 0 Å².